The van der Waals surface area contributed by atoms with E-state index < -0.39 is 0 Å². The number of hydrogen-bond acceptors (Lipinski definition) is 2. The van der Waals surface area contributed by atoms with Crippen molar-refractivity contribution in [3.05, 3.63) is 34.3 Å². The first kappa shape index (κ1) is 9.71. The number of hydrogen-bond donors (Lipinski definition) is 1. The molecular formula is C11H13BrN2. The summed E-state index contributed by atoms with van der Waals surface area (Å²) >= 11 is 3.47. The SMILES string of the molecule is Brc1cccc(CCC2=NCCN2)c1. The highest BCUT2D eigenvalue weighted by Crippen LogP contribution is 2.13. The molecule has 2 rings (SSSR count). The lowest BCUT2D eigenvalue weighted by Gasteiger charge is -2.02. The lowest BCUT2D eigenvalue weighted by atomic mass is 10.1. The molecule has 0 unspecified atom stereocenters. The van der Waals surface area contributed by atoms with E-state index in [1.807, 2.05) is 0 Å². The van der Waals surface area contributed by atoms with Crippen molar-refractivity contribution in [1.82, 2.24) is 5.32 Å². The molecule has 0 fully saturated rings. The van der Waals surface area contributed by atoms with Crippen molar-refractivity contribution < 1.29 is 0 Å². The monoisotopic (exact) mass is 252 g/mol. The van der Waals surface area contributed by atoms with Gasteiger partial charge in [-0.3, -0.25) is 4.99 Å². The molecule has 0 bridgehead atoms. The van der Waals surface area contributed by atoms with Gasteiger partial charge in [-0.1, -0.05) is 28.1 Å². The second-order valence-corrected chi connectivity index (χ2v) is 4.30. The minimum absolute atomic E-state index is 0.938. The molecule has 14 heavy (non-hydrogen) atoms. The Morgan fingerprint density at radius 2 is 2.29 bits per heavy atom. The Balaban J connectivity index is 1.91. The van der Waals surface area contributed by atoms with Crippen molar-refractivity contribution in [2.24, 2.45) is 4.99 Å². The Morgan fingerprint density at radius 1 is 1.36 bits per heavy atom. The maximum atomic E-state index is 4.37. The highest BCUT2D eigenvalue weighted by Gasteiger charge is 2.04. The van der Waals surface area contributed by atoms with E-state index >= 15 is 0 Å². The summed E-state index contributed by atoms with van der Waals surface area (Å²) in [6.45, 7) is 1.95. The Labute approximate surface area is 92.6 Å². The van der Waals surface area contributed by atoms with Gasteiger partial charge in [-0.2, -0.15) is 0 Å². The van der Waals surface area contributed by atoms with Crippen molar-refractivity contribution in [3.8, 4) is 0 Å². The van der Waals surface area contributed by atoms with Crippen LogP contribution >= 0.6 is 15.9 Å². The predicted octanol–water partition coefficient (Wildman–Crippen LogP) is 2.38. The molecule has 0 radical (unpaired) electrons. The fourth-order valence-electron chi connectivity index (χ4n) is 1.57. The zero-order chi connectivity index (χ0) is 9.80. The molecule has 2 nitrogen and oxygen atoms in total. The quantitative estimate of drug-likeness (QED) is 0.878. The van der Waals surface area contributed by atoms with E-state index in [9.17, 15) is 0 Å². The first-order valence-corrected chi connectivity index (χ1v) is 5.65. The zero-order valence-electron chi connectivity index (χ0n) is 7.96. The van der Waals surface area contributed by atoms with E-state index in [2.05, 4.69) is 50.5 Å². The predicted molar refractivity (Wildman–Crippen MR) is 62.8 cm³/mol. The molecule has 1 aromatic carbocycles. The van der Waals surface area contributed by atoms with Crippen molar-refractivity contribution in [1.29, 1.82) is 0 Å². The number of rotatable bonds is 3. The number of benzene rings is 1. The maximum absolute atomic E-state index is 4.37. The van der Waals surface area contributed by atoms with Gasteiger partial charge in [0.25, 0.3) is 0 Å². The average Bonchev–Trinajstić information content (AvgIpc) is 2.67. The van der Waals surface area contributed by atoms with Crippen LogP contribution in [0.4, 0.5) is 0 Å². The van der Waals surface area contributed by atoms with Crippen LogP contribution in [0.3, 0.4) is 0 Å². The van der Waals surface area contributed by atoms with Gasteiger partial charge in [0.1, 0.15) is 0 Å². The van der Waals surface area contributed by atoms with Gasteiger partial charge in [0.2, 0.25) is 0 Å². The van der Waals surface area contributed by atoms with Crippen LogP contribution in [0.2, 0.25) is 0 Å². The summed E-state index contributed by atoms with van der Waals surface area (Å²) in [4.78, 5) is 4.37. The largest absolute Gasteiger partial charge is 0.372 e. The fraction of sp³-hybridized carbons (Fsp3) is 0.364. The minimum atomic E-state index is 0.938. The van der Waals surface area contributed by atoms with Crippen LogP contribution in [0.15, 0.2) is 33.7 Å². The lowest BCUT2D eigenvalue weighted by molar-refractivity contribution is 0.934. The van der Waals surface area contributed by atoms with Crippen molar-refractivity contribution in [2.45, 2.75) is 12.8 Å². The van der Waals surface area contributed by atoms with E-state index in [4.69, 9.17) is 0 Å². The molecule has 1 aromatic rings. The van der Waals surface area contributed by atoms with Crippen LogP contribution in [0.1, 0.15) is 12.0 Å². The van der Waals surface area contributed by atoms with Crippen LogP contribution in [0, 0.1) is 0 Å². The number of amidine groups is 1. The molecule has 0 aromatic heterocycles. The number of nitrogens with zero attached hydrogens (tertiary/aromatic N) is 1. The van der Waals surface area contributed by atoms with Crippen molar-refractivity contribution in [3.63, 3.8) is 0 Å². The maximum Gasteiger partial charge on any atom is 0.0967 e. The third-order valence-corrected chi connectivity index (χ3v) is 2.78. The molecule has 74 valence electrons. The third kappa shape index (κ3) is 2.58. The molecule has 0 aliphatic carbocycles. The van der Waals surface area contributed by atoms with Gasteiger partial charge in [-0.15, -0.1) is 0 Å². The average molecular weight is 253 g/mol. The number of nitrogens with one attached hydrogen (secondary N) is 1. The Kier molecular flexibility index (Phi) is 3.19. The summed E-state index contributed by atoms with van der Waals surface area (Å²) < 4.78 is 1.15. The highest BCUT2D eigenvalue weighted by molar-refractivity contribution is 9.10. The summed E-state index contributed by atoms with van der Waals surface area (Å²) in [7, 11) is 0. The van der Waals surface area contributed by atoms with E-state index in [1.54, 1.807) is 0 Å². The molecule has 1 aliphatic rings. The van der Waals surface area contributed by atoms with Crippen molar-refractivity contribution in [2.75, 3.05) is 13.1 Å². The van der Waals surface area contributed by atoms with Gasteiger partial charge in [-0.05, 0) is 24.1 Å². The number of halogens is 1. The molecular weight excluding hydrogens is 240 g/mol. The Hall–Kier alpha value is -0.830. The number of aryl methyl sites for hydroxylation is 1. The molecule has 3 heteroatoms. The van der Waals surface area contributed by atoms with Gasteiger partial charge in [0, 0.05) is 17.4 Å². The van der Waals surface area contributed by atoms with E-state index in [-0.39, 0.29) is 0 Å². The van der Waals surface area contributed by atoms with Crippen molar-refractivity contribution >= 4 is 21.8 Å². The smallest absolute Gasteiger partial charge is 0.0967 e. The topological polar surface area (TPSA) is 24.4 Å². The van der Waals surface area contributed by atoms with Gasteiger partial charge in [0.05, 0.1) is 12.4 Å². The van der Waals surface area contributed by atoms with Crippen LogP contribution in [-0.2, 0) is 6.42 Å². The summed E-state index contributed by atoms with van der Waals surface area (Å²) in [6, 6.07) is 8.44. The van der Waals surface area contributed by atoms with Crippen LogP contribution in [0.5, 0.6) is 0 Å². The molecule has 1 N–H and O–H groups in total. The van der Waals surface area contributed by atoms with Crippen LogP contribution < -0.4 is 5.32 Å². The van der Waals surface area contributed by atoms with E-state index in [0.29, 0.717) is 0 Å². The summed E-state index contributed by atoms with van der Waals surface area (Å²) in [5.74, 6) is 1.16. The van der Waals surface area contributed by atoms with E-state index in [0.717, 1.165) is 36.2 Å². The Bertz CT molecular complexity index is 347. The first-order valence-electron chi connectivity index (χ1n) is 4.86. The number of aliphatic imine (C=N–C) groups is 1. The minimum Gasteiger partial charge on any atom is -0.372 e. The fourth-order valence-corrected chi connectivity index (χ4v) is 2.02. The van der Waals surface area contributed by atoms with Crippen LogP contribution in [-0.4, -0.2) is 18.9 Å². The second-order valence-electron chi connectivity index (χ2n) is 3.39. The van der Waals surface area contributed by atoms with Gasteiger partial charge in [0.15, 0.2) is 0 Å². The summed E-state index contributed by atoms with van der Waals surface area (Å²) in [6.07, 6.45) is 2.09. The zero-order valence-corrected chi connectivity index (χ0v) is 9.55. The molecule has 0 spiro atoms. The molecule has 0 amide bonds. The molecule has 0 saturated heterocycles. The van der Waals surface area contributed by atoms with Gasteiger partial charge >= 0.3 is 0 Å². The Morgan fingerprint density at radius 3 is 3.00 bits per heavy atom. The van der Waals surface area contributed by atoms with Crippen LogP contribution in [0.25, 0.3) is 0 Å². The normalized spacial score (nSPS) is 15.1. The van der Waals surface area contributed by atoms with E-state index in [1.165, 1.54) is 5.56 Å². The molecule has 0 saturated carbocycles. The molecule has 1 aliphatic heterocycles. The second kappa shape index (κ2) is 4.60. The van der Waals surface area contributed by atoms with Gasteiger partial charge < -0.3 is 5.32 Å². The molecule has 1 heterocycles. The highest BCUT2D eigenvalue weighted by atomic mass is 79.9. The summed E-state index contributed by atoms with van der Waals surface area (Å²) in [5.41, 5.74) is 1.36. The molecule has 0 atom stereocenters. The third-order valence-electron chi connectivity index (χ3n) is 2.28. The first-order chi connectivity index (χ1) is 6.84. The standard InChI is InChI=1S/C11H13BrN2/c12-10-3-1-2-9(8-10)4-5-11-13-6-7-14-11/h1-3,8H,4-7H2,(H,13,14). The summed E-state index contributed by atoms with van der Waals surface area (Å²) in [5, 5.41) is 3.28. The lowest BCUT2D eigenvalue weighted by Crippen LogP contribution is -2.18. The van der Waals surface area contributed by atoms with Gasteiger partial charge in [-0.25, -0.2) is 0 Å².